The van der Waals surface area contributed by atoms with E-state index in [1.807, 2.05) is 6.92 Å². The smallest absolute Gasteiger partial charge is 0.341 e. The number of ether oxygens (including phenoxy) is 4. The van der Waals surface area contributed by atoms with E-state index in [1.165, 1.54) is 6.26 Å². The summed E-state index contributed by atoms with van der Waals surface area (Å²) < 4.78 is 21.4. The molecule has 1 fully saturated rings. The fraction of sp³-hybridized carbons (Fsp3) is 0.688. The number of fused-ring (bicyclic) bond motifs is 1. The third-order valence-electron chi connectivity index (χ3n) is 4.65. The number of hydrogen-bond donors (Lipinski definition) is 4. The summed E-state index contributed by atoms with van der Waals surface area (Å²) in [5.41, 5.74) is 1.06. The number of aliphatic hydroxyl groups is 4. The van der Waals surface area contributed by atoms with E-state index in [-0.39, 0.29) is 12.5 Å². The van der Waals surface area contributed by atoms with Crippen molar-refractivity contribution in [3.8, 4) is 0 Å². The molecule has 0 spiro atoms. The van der Waals surface area contributed by atoms with Crippen LogP contribution in [0.3, 0.4) is 0 Å². The highest BCUT2D eigenvalue weighted by Crippen LogP contribution is 2.36. The minimum Gasteiger partial charge on any atom is -0.471 e. The third-order valence-corrected chi connectivity index (χ3v) is 4.65. The standard InChI is InChI=1S/C16H22O9/c1-2-7-8-3-4-22-14(21)9(8)6-23-15(7)25-16-13(20)12(19)11(18)10(5-17)24-16/h3,6-7,10-13,15-20H,2,4-5H2,1H3/t7?,10-,11-,12+,13-,15?,16+/m1/s1. The Morgan fingerprint density at radius 2 is 1.96 bits per heavy atom. The minimum absolute atomic E-state index is 0.161. The van der Waals surface area contributed by atoms with E-state index in [9.17, 15) is 25.2 Å². The maximum Gasteiger partial charge on any atom is 0.341 e. The van der Waals surface area contributed by atoms with Crippen LogP contribution in [0.1, 0.15) is 13.3 Å². The lowest BCUT2D eigenvalue weighted by atomic mass is 9.87. The van der Waals surface area contributed by atoms with E-state index < -0.39 is 49.6 Å². The first-order valence-corrected chi connectivity index (χ1v) is 8.17. The average Bonchev–Trinajstić information content (AvgIpc) is 2.62. The van der Waals surface area contributed by atoms with Gasteiger partial charge in [0.15, 0.2) is 6.29 Å². The normalized spacial score (nSPS) is 41.2. The predicted octanol–water partition coefficient (Wildman–Crippen LogP) is -1.45. The highest BCUT2D eigenvalue weighted by atomic mass is 16.8. The van der Waals surface area contributed by atoms with Crippen molar-refractivity contribution in [3.63, 3.8) is 0 Å². The van der Waals surface area contributed by atoms with Gasteiger partial charge in [-0.1, -0.05) is 6.92 Å². The van der Waals surface area contributed by atoms with Gasteiger partial charge >= 0.3 is 5.97 Å². The molecule has 3 heterocycles. The molecule has 2 unspecified atom stereocenters. The second kappa shape index (κ2) is 7.40. The summed E-state index contributed by atoms with van der Waals surface area (Å²) in [4.78, 5) is 11.8. The molecule has 3 aliphatic rings. The average molecular weight is 358 g/mol. The Hall–Kier alpha value is -1.49. The van der Waals surface area contributed by atoms with Gasteiger partial charge in [-0.25, -0.2) is 4.79 Å². The zero-order valence-electron chi connectivity index (χ0n) is 13.6. The molecule has 4 N–H and O–H groups in total. The zero-order chi connectivity index (χ0) is 18.1. The van der Waals surface area contributed by atoms with E-state index in [0.29, 0.717) is 12.0 Å². The SMILES string of the molecule is CCC1C2=CCOC(=O)C2=COC1O[C@@H]1O[C@H](CO)[C@@H](O)[C@H](O)[C@H]1O. The maximum atomic E-state index is 11.8. The van der Waals surface area contributed by atoms with Gasteiger partial charge in [-0.15, -0.1) is 0 Å². The van der Waals surface area contributed by atoms with Crippen LogP contribution >= 0.6 is 0 Å². The van der Waals surface area contributed by atoms with Crippen LogP contribution in [0.15, 0.2) is 23.5 Å². The number of hydrogen-bond acceptors (Lipinski definition) is 9. The highest BCUT2D eigenvalue weighted by Gasteiger charge is 2.47. The quantitative estimate of drug-likeness (QED) is 0.445. The molecule has 0 radical (unpaired) electrons. The molecular weight excluding hydrogens is 336 g/mol. The summed E-state index contributed by atoms with van der Waals surface area (Å²) >= 11 is 0. The van der Waals surface area contributed by atoms with Gasteiger partial charge in [-0.3, -0.25) is 0 Å². The number of aliphatic hydroxyl groups excluding tert-OH is 4. The fourth-order valence-corrected chi connectivity index (χ4v) is 3.21. The van der Waals surface area contributed by atoms with Gasteiger partial charge < -0.3 is 39.4 Å². The third kappa shape index (κ3) is 3.31. The Balaban J connectivity index is 1.77. The van der Waals surface area contributed by atoms with Gasteiger partial charge in [0.05, 0.1) is 12.2 Å². The Kier molecular flexibility index (Phi) is 5.42. The summed E-state index contributed by atoms with van der Waals surface area (Å²) in [6, 6.07) is 0. The van der Waals surface area contributed by atoms with Crippen molar-refractivity contribution in [2.75, 3.05) is 13.2 Å². The van der Waals surface area contributed by atoms with Crippen LogP contribution in [0.2, 0.25) is 0 Å². The van der Waals surface area contributed by atoms with E-state index in [4.69, 9.17) is 18.9 Å². The maximum absolute atomic E-state index is 11.8. The van der Waals surface area contributed by atoms with Gasteiger partial charge in [0.1, 0.15) is 37.3 Å². The van der Waals surface area contributed by atoms with Crippen molar-refractivity contribution in [1.82, 2.24) is 0 Å². The summed E-state index contributed by atoms with van der Waals surface area (Å²) in [6.45, 7) is 1.50. The zero-order valence-corrected chi connectivity index (χ0v) is 13.6. The Morgan fingerprint density at radius 1 is 1.20 bits per heavy atom. The highest BCUT2D eigenvalue weighted by molar-refractivity contribution is 5.94. The molecule has 140 valence electrons. The Labute approximate surface area is 144 Å². The van der Waals surface area contributed by atoms with Crippen molar-refractivity contribution in [3.05, 3.63) is 23.5 Å². The van der Waals surface area contributed by atoms with Crippen molar-refractivity contribution < 1.29 is 44.2 Å². The molecule has 0 aliphatic carbocycles. The van der Waals surface area contributed by atoms with Crippen LogP contribution in [-0.2, 0) is 23.7 Å². The van der Waals surface area contributed by atoms with Gasteiger partial charge in [-0.05, 0) is 18.1 Å². The van der Waals surface area contributed by atoms with Crippen LogP contribution in [0.5, 0.6) is 0 Å². The van der Waals surface area contributed by atoms with Crippen LogP contribution in [0.4, 0.5) is 0 Å². The molecule has 3 rings (SSSR count). The fourth-order valence-electron chi connectivity index (χ4n) is 3.21. The van der Waals surface area contributed by atoms with Crippen molar-refractivity contribution in [2.45, 2.75) is 50.3 Å². The molecule has 0 bridgehead atoms. The molecule has 7 atom stereocenters. The first-order chi connectivity index (χ1) is 12.0. The lowest BCUT2D eigenvalue weighted by molar-refractivity contribution is -0.337. The van der Waals surface area contributed by atoms with E-state index >= 15 is 0 Å². The molecule has 0 amide bonds. The van der Waals surface area contributed by atoms with Gasteiger partial charge in [0.2, 0.25) is 6.29 Å². The Bertz CT molecular complexity index is 570. The number of esters is 1. The lowest BCUT2D eigenvalue weighted by Crippen LogP contribution is -2.60. The minimum atomic E-state index is -1.53. The first-order valence-electron chi connectivity index (χ1n) is 8.17. The number of rotatable bonds is 4. The predicted molar refractivity (Wildman–Crippen MR) is 80.6 cm³/mol. The number of cyclic esters (lactones) is 1. The summed E-state index contributed by atoms with van der Waals surface area (Å²) in [5, 5.41) is 39.0. The van der Waals surface area contributed by atoms with Crippen molar-refractivity contribution in [2.24, 2.45) is 5.92 Å². The van der Waals surface area contributed by atoms with Crippen LogP contribution in [0.25, 0.3) is 0 Å². The lowest BCUT2D eigenvalue weighted by Gasteiger charge is -2.42. The molecule has 3 aliphatic heterocycles. The van der Waals surface area contributed by atoms with Crippen LogP contribution in [0, 0.1) is 5.92 Å². The number of carbonyl (C=O) groups is 1. The first kappa shape index (κ1) is 18.3. The van der Waals surface area contributed by atoms with Crippen molar-refractivity contribution in [1.29, 1.82) is 0 Å². The molecule has 25 heavy (non-hydrogen) atoms. The molecule has 9 nitrogen and oxygen atoms in total. The summed E-state index contributed by atoms with van der Waals surface area (Å²) in [6.07, 6.45) is -4.16. The molecule has 0 saturated carbocycles. The summed E-state index contributed by atoms with van der Waals surface area (Å²) in [5.74, 6) is -0.776. The van der Waals surface area contributed by atoms with E-state index in [1.54, 1.807) is 6.08 Å². The molecular formula is C16H22O9. The van der Waals surface area contributed by atoms with Gasteiger partial charge in [-0.2, -0.15) is 0 Å². The topological polar surface area (TPSA) is 135 Å². The van der Waals surface area contributed by atoms with Gasteiger partial charge in [0.25, 0.3) is 0 Å². The molecule has 0 aromatic rings. The molecule has 0 aromatic carbocycles. The van der Waals surface area contributed by atoms with Crippen LogP contribution in [-0.4, -0.2) is 76.6 Å². The van der Waals surface area contributed by atoms with Crippen LogP contribution < -0.4 is 0 Å². The molecule has 9 heteroatoms. The second-order valence-electron chi connectivity index (χ2n) is 6.14. The van der Waals surface area contributed by atoms with E-state index in [2.05, 4.69) is 0 Å². The summed E-state index contributed by atoms with van der Waals surface area (Å²) in [7, 11) is 0. The molecule has 1 saturated heterocycles. The van der Waals surface area contributed by atoms with Crippen molar-refractivity contribution >= 4 is 5.97 Å². The van der Waals surface area contributed by atoms with E-state index in [0.717, 1.165) is 5.57 Å². The second-order valence-corrected chi connectivity index (χ2v) is 6.14. The number of carbonyl (C=O) groups excluding carboxylic acids is 1. The Morgan fingerprint density at radius 3 is 2.64 bits per heavy atom. The molecule has 0 aromatic heterocycles. The monoisotopic (exact) mass is 358 g/mol. The largest absolute Gasteiger partial charge is 0.471 e. The van der Waals surface area contributed by atoms with Gasteiger partial charge in [0, 0.05) is 5.92 Å².